The maximum Gasteiger partial charge on any atom is 0.227 e. The highest BCUT2D eigenvalue weighted by Crippen LogP contribution is 2.28. The number of likely N-dealkylation sites (N-methyl/N-ethyl adjacent to an activating group) is 1. The summed E-state index contributed by atoms with van der Waals surface area (Å²) in [6.45, 7) is 8.38. The van der Waals surface area contributed by atoms with Crippen molar-refractivity contribution in [3.05, 3.63) is 59.7 Å². The van der Waals surface area contributed by atoms with Crippen molar-refractivity contribution in [1.29, 1.82) is 0 Å². The van der Waals surface area contributed by atoms with E-state index in [0.29, 0.717) is 32.6 Å². The van der Waals surface area contributed by atoms with Crippen molar-refractivity contribution >= 4 is 11.8 Å². The van der Waals surface area contributed by atoms with Gasteiger partial charge in [0.05, 0.1) is 5.92 Å². The molecule has 32 heavy (non-hydrogen) atoms. The summed E-state index contributed by atoms with van der Waals surface area (Å²) in [5, 5.41) is 3.34. The van der Waals surface area contributed by atoms with Gasteiger partial charge < -0.3 is 15.1 Å². The van der Waals surface area contributed by atoms with Crippen molar-refractivity contribution in [2.75, 3.05) is 39.3 Å². The molecular weight excluding hydrogens is 398 g/mol. The van der Waals surface area contributed by atoms with E-state index in [0.717, 1.165) is 25.9 Å². The molecule has 2 saturated heterocycles. The Kier molecular flexibility index (Phi) is 7.26. The van der Waals surface area contributed by atoms with Gasteiger partial charge in [-0.1, -0.05) is 54.1 Å². The lowest BCUT2D eigenvalue weighted by Crippen LogP contribution is -2.43. The lowest BCUT2D eigenvalue weighted by atomic mass is 9.90. The molecule has 1 atom stereocenters. The minimum absolute atomic E-state index is 0.0834. The van der Waals surface area contributed by atoms with Crippen LogP contribution >= 0.6 is 0 Å². The van der Waals surface area contributed by atoms with E-state index in [1.165, 1.54) is 22.3 Å². The fraction of sp³-hybridized carbons (Fsp3) is 0.481. The van der Waals surface area contributed by atoms with Gasteiger partial charge in [0.15, 0.2) is 0 Å². The number of rotatable bonds is 5. The first-order valence-corrected chi connectivity index (χ1v) is 12.0. The topological polar surface area (TPSA) is 52.6 Å². The van der Waals surface area contributed by atoms with E-state index in [-0.39, 0.29) is 23.7 Å². The van der Waals surface area contributed by atoms with Crippen molar-refractivity contribution < 1.29 is 9.59 Å². The number of carbonyl (C=O) groups excluding carboxylic acids is 2. The molecule has 1 N–H and O–H groups in total. The molecular formula is C27H35N3O2. The molecule has 2 aliphatic rings. The Bertz CT molecular complexity index is 934. The summed E-state index contributed by atoms with van der Waals surface area (Å²) in [5.74, 6) is 0.274. The van der Waals surface area contributed by atoms with Crippen LogP contribution in [-0.4, -0.2) is 60.9 Å². The van der Waals surface area contributed by atoms with Gasteiger partial charge in [-0.15, -0.1) is 0 Å². The fourth-order valence-electron chi connectivity index (χ4n) is 5.02. The molecule has 0 radical (unpaired) electrons. The van der Waals surface area contributed by atoms with Crippen molar-refractivity contribution in [2.45, 2.75) is 33.1 Å². The predicted octanol–water partition coefficient (Wildman–Crippen LogP) is 3.51. The number of aryl methyl sites for hydroxylation is 1. The van der Waals surface area contributed by atoms with E-state index in [1.54, 1.807) is 0 Å². The second kappa shape index (κ2) is 10.3. The van der Waals surface area contributed by atoms with Gasteiger partial charge in [0, 0.05) is 32.1 Å². The molecule has 0 saturated carbocycles. The predicted molar refractivity (Wildman–Crippen MR) is 128 cm³/mol. The highest BCUT2D eigenvalue weighted by atomic mass is 16.2. The van der Waals surface area contributed by atoms with Crippen LogP contribution in [0.1, 0.15) is 30.9 Å². The first-order valence-electron chi connectivity index (χ1n) is 12.0. The van der Waals surface area contributed by atoms with Crippen LogP contribution in [0.5, 0.6) is 0 Å². The van der Waals surface area contributed by atoms with Crippen LogP contribution in [-0.2, 0) is 16.0 Å². The lowest BCUT2D eigenvalue weighted by Gasteiger charge is -2.30. The Balaban J connectivity index is 1.58. The van der Waals surface area contributed by atoms with Gasteiger partial charge >= 0.3 is 0 Å². The number of nitrogens with one attached hydrogen (secondary N) is 1. The molecule has 170 valence electrons. The number of nitrogens with zero attached hydrogens (tertiary/aromatic N) is 2. The van der Waals surface area contributed by atoms with Gasteiger partial charge in [-0.3, -0.25) is 9.59 Å². The first-order chi connectivity index (χ1) is 15.6. The number of benzene rings is 2. The number of carbonyl (C=O) groups is 2. The third kappa shape index (κ3) is 5.04. The van der Waals surface area contributed by atoms with E-state index < -0.39 is 0 Å². The molecule has 2 aromatic rings. The number of amides is 2. The summed E-state index contributed by atoms with van der Waals surface area (Å²) in [6.07, 6.45) is 2.43. The molecule has 1 unspecified atom stereocenters. The zero-order chi connectivity index (χ0) is 22.5. The molecule has 2 fully saturated rings. The smallest absolute Gasteiger partial charge is 0.227 e. The molecule has 4 rings (SSSR count). The molecule has 5 heteroatoms. The van der Waals surface area contributed by atoms with E-state index in [2.05, 4.69) is 54.7 Å². The van der Waals surface area contributed by atoms with Gasteiger partial charge in [-0.2, -0.15) is 0 Å². The largest absolute Gasteiger partial charge is 0.341 e. The van der Waals surface area contributed by atoms with E-state index in [4.69, 9.17) is 0 Å². The minimum atomic E-state index is -0.213. The molecule has 0 aromatic heterocycles. The highest BCUT2D eigenvalue weighted by molar-refractivity contribution is 5.83. The molecule has 2 heterocycles. The second-order valence-electron chi connectivity index (χ2n) is 9.15. The number of hydrogen-bond donors (Lipinski definition) is 1. The van der Waals surface area contributed by atoms with Gasteiger partial charge in [-0.25, -0.2) is 0 Å². The van der Waals surface area contributed by atoms with Crippen LogP contribution in [0.3, 0.4) is 0 Å². The van der Waals surface area contributed by atoms with Crippen molar-refractivity contribution in [3.8, 4) is 11.1 Å². The summed E-state index contributed by atoms with van der Waals surface area (Å²) in [5.41, 5.74) is 4.74. The van der Waals surface area contributed by atoms with Crippen LogP contribution in [0, 0.1) is 18.8 Å². The van der Waals surface area contributed by atoms with Crippen LogP contribution < -0.4 is 5.32 Å². The monoisotopic (exact) mass is 433 g/mol. The molecule has 2 aromatic carbocycles. The van der Waals surface area contributed by atoms with E-state index >= 15 is 0 Å². The number of hydrogen-bond acceptors (Lipinski definition) is 3. The summed E-state index contributed by atoms with van der Waals surface area (Å²) in [6, 6.07) is 16.9. The Morgan fingerprint density at radius 2 is 1.75 bits per heavy atom. The minimum Gasteiger partial charge on any atom is -0.341 e. The average molecular weight is 434 g/mol. The van der Waals surface area contributed by atoms with Crippen molar-refractivity contribution in [2.24, 2.45) is 11.8 Å². The van der Waals surface area contributed by atoms with E-state index in [9.17, 15) is 9.59 Å². The zero-order valence-electron chi connectivity index (χ0n) is 19.3. The molecule has 0 spiro atoms. The maximum absolute atomic E-state index is 13.4. The molecule has 0 bridgehead atoms. The second-order valence-corrected chi connectivity index (χ2v) is 9.15. The lowest BCUT2D eigenvalue weighted by molar-refractivity contribution is -0.137. The quantitative estimate of drug-likeness (QED) is 0.785. The van der Waals surface area contributed by atoms with Gasteiger partial charge in [0.1, 0.15) is 0 Å². The Labute approximate surface area is 191 Å². The average Bonchev–Trinajstić information content (AvgIpc) is 2.99. The van der Waals surface area contributed by atoms with E-state index in [1.807, 2.05) is 22.8 Å². The summed E-state index contributed by atoms with van der Waals surface area (Å²) in [4.78, 5) is 30.6. The fourth-order valence-corrected chi connectivity index (χ4v) is 5.02. The number of piperidine rings is 1. The van der Waals surface area contributed by atoms with Crippen molar-refractivity contribution in [3.63, 3.8) is 0 Å². The Hall–Kier alpha value is -2.66. The highest BCUT2D eigenvalue weighted by Gasteiger charge is 2.34. The zero-order valence-corrected chi connectivity index (χ0v) is 19.3. The standard InChI is InChI=1S/C27H35N3O2/c1-3-29-16-17-30(26(31)22-12-14-28-15-13-22)19-24(27(29)32)18-23-6-4-5-7-25(23)21-10-8-20(2)9-11-21/h4-11,22,24,28H,3,12-19H2,1-2H3. The third-order valence-electron chi connectivity index (χ3n) is 6.97. The molecule has 0 aliphatic carbocycles. The third-order valence-corrected chi connectivity index (χ3v) is 6.97. The van der Waals surface area contributed by atoms with Gasteiger partial charge in [0.25, 0.3) is 0 Å². The summed E-state index contributed by atoms with van der Waals surface area (Å²) >= 11 is 0. The van der Waals surface area contributed by atoms with Crippen LogP contribution in [0.4, 0.5) is 0 Å². The van der Waals surface area contributed by atoms with Crippen LogP contribution in [0.15, 0.2) is 48.5 Å². The normalized spacial score (nSPS) is 20.3. The van der Waals surface area contributed by atoms with Gasteiger partial charge in [0.2, 0.25) is 11.8 Å². The SMILES string of the molecule is CCN1CCN(C(=O)C2CCNCC2)CC(Cc2ccccc2-c2ccc(C)cc2)C1=O. The van der Waals surface area contributed by atoms with Crippen LogP contribution in [0.25, 0.3) is 11.1 Å². The molecule has 5 nitrogen and oxygen atoms in total. The first kappa shape index (κ1) is 22.5. The summed E-state index contributed by atoms with van der Waals surface area (Å²) < 4.78 is 0. The van der Waals surface area contributed by atoms with Crippen molar-refractivity contribution in [1.82, 2.24) is 15.1 Å². The molecule has 2 amide bonds. The summed E-state index contributed by atoms with van der Waals surface area (Å²) in [7, 11) is 0. The maximum atomic E-state index is 13.4. The molecule has 2 aliphatic heterocycles. The van der Waals surface area contributed by atoms with Gasteiger partial charge in [-0.05, 0) is 62.9 Å². The Morgan fingerprint density at radius 3 is 2.47 bits per heavy atom. The van der Waals surface area contributed by atoms with Crippen LogP contribution in [0.2, 0.25) is 0 Å². The Morgan fingerprint density at radius 1 is 1.03 bits per heavy atom.